The van der Waals surface area contributed by atoms with Gasteiger partial charge in [0.15, 0.2) is 6.10 Å². The third kappa shape index (κ3) is 4.06. The lowest BCUT2D eigenvalue weighted by molar-refractivity contribution is -0.384. The molecule has 1 heterocycles. The molecule has 0 bridgehead atoms. The highest BCUT2D eigenvalue weighted by Crippen LogP contribution is 2.34. The molecule has 148 valence electrons. The smallest absolute Gasteiger partial charge is 0.271 e. The number of aryl methyl sites for hydroxylation is 1. The van der Waals surface area contributed by atoms with Crippen LogP contribution in [0.4, 0.5) is 17.1 Å². The molecular formula is C18H19N3O6S. The van der Waals surface area contributed by atoms with E-state index in [1.165, 1.54) is 16.4 Å². The zero-order chi connectivity index (χ0) is 20.5. The van der Waals surface area contributed by atoms with Crippen molar-refractivity contribution in [1.82, 2.24) is 0 Å². The van der Waals surface area contributed by atoms with Crippen LogP contribution in [-0.4, -0.2) is 38.2 Å². The monoisotopic (exact) mass is 405 g/mol. The minimum absolute atomic E-state index is 0.0713. The van der Waals surface area contributed by atoms with Crippen molar-refractivity contribution >= 4 is 33.0 Å². The van der Waals surface area contributed by atoms with Gasteiger partial charge in [0.1, 0.15) is 5.75 Å². The molecule has 0 saturated heterocycles. The summed E-state index contributed by atoms with van der Waals surface area (Å²) in [7, 11) is -3.55. The number of ether oxygens (including phenoxy) is 1. The number of sulfonamides is 1. The second-order valence-electron chi connectivity index (χ2n) is 6.44. The quantitative estimate of drug-likeness (QED) is 0.616. The summed E-state index contributed by atoms with van der Waals surface area (Å²) in [6, 6.07) is 10.8. The van der Waals surface area contributed by atoms with Crippen molar-refractivity contribution in [2.45, 2.75) is 19.4 Å². The molecule has 3 rings (SSSR count). The summed E-state index contributed by atoms with van der Waals surface area (Å²) in [5.41, 5.74) is 1.19. The maximum absolute atomic E-state index is 12.7. The van der Waals surface area contributed by atoms with E-state index in [0.29, 0.717) is 16.9 Å². The molecule has 28 heavy (non-hydrogen) atoms. The van der Waals surface area contributed by atoms with Gasteiger partial charge in [0.05, 0.1) is 22.6 Å². The van der Waals surface area contributed by atoms with Crippen molar-refractivity contribution in [2.24, 2.45) is 0 Å². The Labute approximate surface area is 162 Å². The molecule has 10 heteroatoms. The number of non-ortho nitro benzene ring substituents is 1. The van der Waals surface area contributed by atoms with Gasteiger partial charge in [-0.05, 0) is 24.6 Å². The Bertz CT molecular complexity index is 1040. The Morgan fingerprint density at radius 1 is 1.29 bits per heavy atom. The highest BCUT2D eigenvalue weighted by atomic mass is 32.2. The summed E-state index contributed by atoms with van der Waals surface area (Å²) in [4.78, 5) is 23.2. The van der Waals surface area contributed by atoms with Crippen LogP contribution < -0.4 is 14.4 Å². The lowest BCUT2D eigenvalue weighted by Gasteiger charge is -2.20. The van der Waals surface area contributed by atoms with Gasteiger partial charge < -0.3 is 10.1 Å². The predicted octanol–water partition coefficient (Wildman–Crippen LogP) is 2.46. The number of nitro benzene ring substituents is 1. The molecule has 0 spiro atoms. The first-order valence-electron chi connectivity index (χ1n) is 8.46. The fraction of sp³-hybridized carbons (Fsp3) is 0.278. The summed E-state index contributed by atoms with van der Waals surface area (Å²) in [6.07, 6.45) is 0.268. The van der Waals surface area contributed by atoms with Crippen molar-refractivity contribution in [1.29, 1.82) is 0 Å². The number of benzene rings is 2. The SMILES string of the molecule is Cc1ccc([N+](=O)[O-])cc1NC(=O)C1CCN(S(C)(=O)=O)c2ccccc2O1. The molecule has 0 aliphatic carbocycles. The normalized spacial score (nSPS) is 16.5. The van der Waals surface area contributed by atoms with Crippen LogP contribution in [0.25, 0.3) is 0 Å². The molecular weight excluding hydrogens is 386 g/mol. The number of carbonyl (C=O) groups is 1. The average Bonchev–Trinajstić information content (AvgIpc) is 2.82. The molecule has 1 N–H and O–H groups in total. The molecule has 0 saturated carbocycles. The van der Waals surface area contributed by atoms with Crippen molar-refractivity contribution < 1.29 is 22.9 Å². The van der Waals surface area contributed by atoms with Gasteiger partial charge in [-0.15, -0.1) is 0 Å². The molecule has 1 aliphatic heterocycles. The van der Waals surface area contributed by atoms with Gasteiger partial charge in [-0.25, -0.2) is 8.42 Å². The zero-order valence-corrected chi connectivity index (χ0v) is 16.1. The van der Waals surface area contributed by atoms with E-state index in [4.69, 9.17) is 4.74 Å². The summed E-state index contributed by atoms with van der Waals surface area (Å²) in [6.45, 7) is 1.79. The van der Waals surface area contributed by atoms with E-state index in [2.05, 4.69) is 5.32 Å². The van der Waals surface area contributed by atoms with E-state index < -0.39 is 27.0 Å². The fourth-order valence-electron chi connectivity index (χ4n) is 2.93. The van der Waals surface area contributed by atoms with Crippen molar-refractivity contribution in [2.75, 3.05) is 22.4 Å². The lowest BCUT2D eigenvalue weighted by Crippen LogP contribution is -2.36. The van der Waals surface area contributed by atoms with E-state index in [0.717, 1.165) is 6.26 Å². The summed E-state index contributed by atoms with van der Waals surface area (Å²) in [5, 5.41) is 13.6. The summed E-state index contributed by atoms with van der Waals surface area (Å²) in [5.74, 6) is -0.227. The molecule has 2 aromatic rings. The van der Waals surface area contributed by atoms with Crippen molar-refractivity contribution in [3.05, 3.63) is 58.1 Å². The van der Waals surface area contributed by atoms with Gasteiger partial charge in [-0.3, -0.25) is 19.2 Å². The van der Waals surface area contributed by atoms with Gasteiger partial charge in [0, 0.05) is 25.1 Å². The molecule has 0 aromatic heterocycles. The largest absolute Gasteiger partial charge is 0.478 e. The van der Waals surface area contributed by atoms with Crippen LogP contribution in [0.1, 0.15) is 12.0 Å². The molecule has 0 radical (unpaired) electrons. The number of fused-ring (bicyclic) bond motifs is 1. The molecule has 1 unspecified atom stereocenters. The zero-order valence-electron chi connectivity index (χ0n) is 15.3. The maximum atomic E-state index is 12.7. The molecule has 9 nitrogen and oxygen atoms in total. The van der Waals surface area contributed by atoms with Crippen LogP contribution in [0.15, 0.2) is 42.5 Å². The number of rotatable bonds is 4. The second-order valence-corrected chi connectivity index (χ2v) is 8.35. The van der Waals surface area contributed by atoms with Gasteiger partial charge in [-0.2, -0.15) is 0 Å². The van der Waals surface area contributed by atoms with Gasteiger partial charge >= 0.3 is 0 Å². The first-order chi connectivity index (χ1) is 13.2. The number of hydrogen-bond acceptors (Lipinski definition) is 6. The number of nitro groups is 1. The third-order valence-corrected chi connectivity index (χ3v) is 5.56. The van der Waals surface area contributed by atoms with Crippen molar-refractivity contribution in [3.63, 3.8) is 0 Å². The maximum Gasteiger partial charge on any atom is 0.271 e. The van der Waals surface area contributed by atoms with Crippen LogP contribution in [-0.2, 0) is 14.8 Å². The number of carbonyl (C=O) groups excluding carboxylic acids is 1. The average molecular weight is 405 g/mol. The Morgan fingerprint density at radius 2 is 2.00 bits per heavy atom. The van der Waals surface area contributed by atoms with E-state index in [1.54, 1.807) is 37.3 Å². The minimum atomic E-state index is -3.55. The molecule has 2 aromatic carbocycles. The highest BCUT2D eigenvalue weighted by molar-refractivity contribution is 7.92. The number of nitrogens with one attached hydrogen (secondary N) is 1. The third-order valence-electron chi connectivity index (χ3n) is 4.38. The van der Waals surface area contributed by atoms with Gasteiger partial charge in [-0.1, -0.05) is 18.2 Å². The topological polar surface area (TPSA) is 119 Å². The summed E-state index contributed by atoms with van der Waals surface area (Å²) < 4.78 is 31.2. The molecule has 1 amide bonds. The number of hydrogen-bond donors (Lipinski definition) is 1. The number of nitrogens with zero attached hydrogens (tertiary/aromatic N) is 2. The van der Waals surface area contributed by atoms with Gasteiger partial charge in [0.25, 0.3) is 11.6 Å². The van der Waals surface area contributed by atoms with Crippen LogP contribution in [0.2, 0.25) is 0 Å². The van der Waals surface area contributed by atoms with Crippen LogP contribution in [0.5, 0.6) is 5.75 Å². The number of anilines is 2. The lowest BCUT2D eigenvalue weighted by atomic mass is 10.1. The van der Waals surface area contributed by atoms with Crippen LogP contribution >= 0.6 is 0 Å². The van der Waals surface area contributed by atoms with E-state index in [-0.39, 0.29) is 24.4 Å². The molecule has 1 aliphatic rings. The Hall–Kier alpha value is -3.14. The Morgan fingerprint density at radius 3 is 2.68 bits per heavy atom. The number of para-hydroxylation sites is 2. The van der Waals surface area contributed by atoms with E-state index >= 15 is 0 Å². The Balaban J connectivity index is 1.87. The van der Waals surface area contributed by atoms with Gasteiger partial charge in [0.2, 0.25) is 10.0 Å². The predicted molar refractivity (Wildman–Crippen MR) is 104 cm³/mol. The van der Waals surface area contributed by atoms with E-state index in [1.807, 2.05) is 0 Å². The Kier molecular flexibility index (Phi) is 5.23. The van der Waals surface area contributed by atoms with E-state index in [9.17, 15) is 23.3 Å². The van der Waals surface area contributed by atoms with Crippen molar-refractivity contribution in [3.8, 4) is 5.75 Å². The minimum Gasteiger partial charge on any atom is -0.478 e. The van der Waals surface area contributed by atoms with Crippen LogP contribution in [0.3, 0.4) is 0 Å². The standard InChI is InChI=1S/C18H19N3O6S/c1-12-7-8-13(21(23)24)11-14(12)19-18(22)17-9-10-20(28(2,25)26)15-5-3-4-6-16(15)27-17/h3-8,11,17H,9-10H2,1-2H3,(H,19,22). The first-order valence-corrected chi connectivity index (χ1v) is 10.3. The fourth-order valence-corrected chi connectivity index (χ4v) is 3.88. The highest BCUT2D eigenvalue weighted by Gasteiger charge is 2.31. The molecule has 1 atom stereocenters. The molecule has 0 fully saturated rings. The number of amides is 1. The second kappa shape index (κ2) is 7.47. The first kappa shape index (κ1) is 19.6. The summed E-state index contributed by atoms with van der Waals surface area (Å²) >= 11 is 0. The van der Waals surface area contributed by atoms with Crippen LogP contribution in [0, 0.1) is 17.0 Å².